The Kier molecular flexibility index (Phi) is 3.10. The highest BCUT2D eigenvalue weighted by molar-refractivity contribution is 5.87. The number of anilines is 1. The molecular weight excluding hydrogens is 308 g/mol. The van der Waals surface area contributed by atoms with Crippen LogP contribution in [0.25, 0.3) is 22.4 Å². The van der Waals surface area contributed by atoms with Gasteiger partial charge in [-0.3, -0.25) is 9.55 Å². The molecule has 4 aromatic rings. The highest BCUT2D eigenvalue weighted by Crippen LogP contribution is 2.44. The first-order valence-electron chi connectivity index (χ1n) is 8.61. The maximum Gasteiger partial charge on any atom is 0.145 e. The number of benzene rings is 2. The van der Waals surface area contributed by atoms with E-state index in [1.165, 1.54) is 16.8 Å². The van der Waals surface area contributed by atoms with Crippen LogP contribution in [0.15, 0.2) is 73.1 Å². The van der Waals surface area contributed by atoms with E-state index in [1.54, 1.807) is 0 Å². The number of nitrogens with zero attached hydrogens (tertiary/aromatic N) is 4. The average molecular weight is 326 g/mol. The van der Waals surface area contributed by atoms with E-state index in [4.69, 9.17) is 4.98 Å². The summed E-state index contributed by atoms with van der Waals surface area (Å²) in [6.45, 7) is 3.10. The molecule has 4 nitrogen and oxygen atoms in total. The lowest BCUT2D eigenvalue weighted by atomic mass is 10.0. The zero-order chi connectivity index (χ0) is 16.8. The number of fused-ring (bicyclic) bond motifs is 5. The van der Waals surface area contributed by atoms with Gasteiger partial charge in [0.1, 0.15) is 12.0 Å². The minimum atomic E-state index is 0.0519. The van der Waals surface area contributed by atoms with Crippen LogP contribution in [0.2, 0.25) is 0 Å². The molecular formula is C21H18N4. The molecule has 2 aromatic heterocycles. The summed E-state index contributed by atoms with van der Waals surface area (Å²) in [5.41, 5.74) is 5.75. The summed E-state index contributed by atoms with van der Waals surface area (Å²) in [6.07, 6.45) is 3.83. The number of pyridine rings is 1. The van der Waals surface area contributed by atoms with E-state index >= 15 is 0 Å². The molecule has 0 spiro atoms. The maximum atomic E-state index is 4.95. The summed E-state index contributed by atoms with van der Waals surface area (Å²) in [5, 5.41) is 0. The highest BCUT2D eigenvalue weighted by atomic mass is 15.3. The van der Waals surface area contributed by atoms with E-state index in [0.717, 1.165) is 23.4 Å². The van der Waals surface area contributed by atoms with E-state index in [0.29, 0.717) is 0 Å². The summed E-state index contributed by atoms with van der Waals surface area (Å²) in [6, 6.07) is 21.0. The first kappa shape index (κ1) is 14.2. The van der Waals surface area contributed by atoms with Crippen molar-refractivity contribution in [3.63, 3.8) is 0 Å². The second-order valence-electron chi connectivity index (χ2n) is 6.26. The Morgan fingerprint density at radius 2 is 1.80 bits per heavy atom. The standard InChI is InChI=1S/C21H18N4/c1-2-24-18-11-5-3-9-16(18)20-23-17-10-4-6-12-19(17)25(20)21(24)15-8-7-13-22-14-15/h3-14,21H,2H2,1H3/t21-/m0/s1. The molecule has 1 aliphatic heterocycles. The van der Waals surface area contributed by atoms with Gasteiger partial charge in [0.25, 0.3) is 0 Å². The van der Waals surface area contributed by atoms with Gasteiger partial charge in [-0.1, -0.05) is 30.3 Å². The molecule has 1 atom stereocenters. The van der Waals surface area contributed by atoms with Crippen molar-refractivity contribution in [2.75, 3.05) is 11.4 Å². The second-order valence-corrected chi connectivity index (χ2v) is 6.26. The largest absolute Gasteiger partial charge is 0.347 e. The number of aromatic nitrogens is 3. The van der Waals surface area contributed by atoms with Crippen molar-refractivity contribution in [1.82, 2.24) is 14.5 Å². The topological polar surface area (TPSA) is 34.0 Å². The molecule has 5 rings (SSSR count). The van der Waals surface area contributed by atoms with Gasteiger partial charge in [0, 0.05) is 35.8 Å². The van der Waals surface area contributed by atoms with Crippen LogP contribution in [0.5, 0.6) is 0 Å². The van der Waals surface area contributed by atoms with Crippen LogP contribution in [0.3, 0.4) is 0 Å². The van der Waals surface area contributed by atoms with Crippen molar-refractivity contribution in [2.24, 2.45) is 0 Å². The predicted molar refractivity (Wildman–Crippen MR) is 101 cm³/mol. The zero-order valence-corrected chi connectivity index (χ0v) is 14.0. The Labute approximate surface area is 146 Å². The highest BCUT2D eigenvalue weighted by Gasteiger charge is 2.33. The van der Waals surface area contributed by atoms with Crippen LogP contribution in [0.4, 0.5) is 5.69 Å². The normalized spacial score (nSPS) is 15.9. The van der Waals surface area contributed by atoms with E-state index < -0.39 is 0 Å². The van der Waals surface area contributed by atoms with Gasteiger partial charge in [-0.15, -0.1) is 0 Å². The van der Waals surface area contributed by atoms with Crippen molar-refractivity contribution in [3.05, 3.63) is 78.6 Å². The third kappa shape index (κ3) is 2.00. The Morgan fingerprint density at radius 1 is 0.960 bits per heavy atom. The summed E-state index contributed by atoms with van der Waals surface area (Å²) in [4.78, 5) is 11.7. The van der Waals surface area contributed by atoms with Crippen LogP contribution in [0, 0.1) is 0 Å². The van der Waals surface area contributed by atoms with Gasteiger partial charge in [-0.2, -0.15) is 0 Å². The number of hydrogen-bond acceptors (Lipinski definition) is 3. The molecule has 1 aliphatic rings. The van der Waals surface area contributed by atoms with Gasteiger partial charge in [0.2, 0.25) is 0 Å². The van der Waals surface area contributed by atoms with Crippen LogP contribution in [0.1, 0.15) is 18.7 Å². The molecule has 0 N–H and O–H groups in total. The smallest absolute Gasteiger partial charge is 0.145 e. The number of rotatable bonds is 2. The van der Waals surface area contributed by atoms with Crippen molar-refractivity contribution in [3.8, 4) is 11.4 Å². The molecule has 0 fully saturated rings. The molecule has 0 saturated heterocycles. The Bertz CT molecular complexity index is 1050. The first-order valence-corrected chi connectivity index (χ1v) is 8.61. The van der Waals surface area contributed by atoms with Gasteiger partial charge in [0.15, 0.2) is 0 Å². The quantitative estimate of drug-likeness (QED) is 0.544. The fourth-order valence-electron chi connectivity index (χ4n) is 3.87. The summed E-state index contributed by atoms with van der Waals surface area (Å²) in [7, 11) is 0. The molecule has 0 amide bonds. The van der Waals surface area contributed by atoms with Crippen LogP contribution >= 0.6 is 0 Å². The minimum Gasteiger partial charge on any atom is -0.347 e. The van der Waals surface area contributed by atoms with Gasteiger partial charge in [-0.25, -0.2) is 4.98 Å². The molecule has 0 unspecified atom stereocenters. The lowest BCUT2D eigenvalue weighted by Crippen LogP contribution is -2.37. The lowest BCUT2D eigenvalue weighted by molar-refractivity contribution is 0.554. The predicted octanol–water partition coefficient (Wildman–Crippen LogP) is 4.49. The molecule has 2 aromatic carbocycles. The van der Waals surface area contributed by atoms with E-state index in [-0.39, 0.29) is 6.17 Å². The van der Waals surface area contributed by atoms with Gasteiger partial charge >= 0.3 is 0 Å². The summed E-state index contributed by atoms with van der Waals surface area (Å²) >= 11 is 0. The SMILES string of the molecule is CCN1c2ccccc2-c2nc3ccccc3n2[C@H]1c1cccnc1. The van der Waals surface area contributed by atoms with Crippen molar-refractivity contribution in [1.29, 1.82) is 0 Å². The van der Waals surface area contributed by atoms with Crippen LogP contribution < -0.4 is 4.90 Å². The monoisotopic (exact) mass is 326 g/mol. The summed E-state index contributed by atoms with van der Waals surface area (Å²) in [5.74, 6) is 1.02. The molecule has 25 heavy (non-hydrogen) atoms. The Morgan fingerprint density at radius 3 is 2.64 bits per heavy atom. The van der Waals surface area contributed by atoms with Crippen molar-refractivity contribution < 1.29 is 0 Å². The molecule has 3 heterocycles. The van der Waals surface area contributed by atoms with Gasteiger partial charge < -0.3 is 4.90 Å². The van der Waals surface area contributed by atoms with Gasteiger partial charge in [0.05, 0.1) is 11.0 Å². The molecule has 0 aliphatic carbocycles. The third-order valence-electron chi connectivity index (χ3n) is 4.91. The number of imidazole rings is 1. The van der Waals surface area contributed by atoms with E-state index in [9.17, 15) is 0 Å². The third-order valence-corrected chi connectivity index (χ3v) is 4.91. The zero-order valence-electron chi connectivity index (χ0n) is 14.0. The van der Waals surface area contributed by atoms with Crippen molar-refractivity contribution >= 4 is 16.7 Å². The first-order chi connectivity index (χ1) is 12.4. The molecule has 0 radical (unpaired) electrons. The minimum absolute atomic E-state index is 0.0519. The summed E-state index contributed by atoms with van der Waals surface area (Å²) < 4.78 is 2.35. The van der Waals surface area contributed by atoms with Crippen molar-refractivity contribution in [2.45, 2.75) is 13.1 Å². The fraction of sp³-hybridized carbons (Fsp3) is 0.143. The van der Waals surface area contributed by atoms with Crippen LogP contribution in [-0.2, 0) is 0 Å². The number of para-hydroxylation sites is 3. The van der Waals surface area contributed by atoms with E-state index in [1.807, 2.05) is 24.5 Å². The molecule has 122 valence electrons. The maximum absolute atomic E-state index is 4.95. The molecule has 4 heteroatoms. The second kappa shape index (κ2) is 5.45. The fourth-order valence-corrected chi connectivity index (χ4v) is 3.87. The Hall–Kier alpha value is -3.14. The average Bonchev–Trinajstić information content (AvgIpc) is 3.07. The number of hydrogen-bond donors (Lipinski definition) is 0. The van der Waals surface area contributed by atoms with Crippen LogP contribution in [-0.4, -0.2) is 21.1 Å². The lowest BCUT2D eigenvalue weighted by Gasteiger charge is -2.39. The van der Waals surface area contributed by atoms with Gasteiger partial charge in [-0.05, 0) is 37.3 Å². The molecule has 0 bridgehead atoms. The Balaban J connectivity index is 1.89. The molecule has 0 saturated carbocycles. The van der Waals surface area contributed by atoms with E-state index in [2.05, 4.69) is 69.9 Å².